The van der Waals surface area contributed by atoms with E-state index in [0.29, 0.717) is 27.4 Å². The highest BCUT2D eigenvalue weighted by molar-refractivity contribution is 6.42. The third-order valence-corrected chi connectivity index (χ3v) is 4.27. The first-order chi connectivity index (χ1) is 11.6. The molecule has 0 aliphatic carbocycles. The molecule has 124 valence electrons. The first-order valence-electron chi connectivity index (χ1n) is 7.35. The SMILES string of the molecule is C=CCc1ccc(OCc2nc3cc(Cl)c(Cl)cc3[nH]2)c(OC)c1. The van der Waals surface area contributed by atoms with Gasteiger partial charge in [0.15, 0.2) is 11.5 Å². The fraction of sp³-hybridized carbons (Fsp3) is 0.167. The summed E-state index contributed by atoms with van der Waals surface area (Å²) in [7, 11) is 1.62. The molecule has 0 aliphatic rings. The monoisotopic (exact) mass is 362 g/mol. The van der Waals surface area contributed by atoms with E-state index in [-0.39, 0.29) is 6.61 Å². The van der Waals surface area contributed by atoms with Crippen LogP contribution < -0.4 is 9.47 Å². The molecule has 0 bridgehead atoms. The number of aromatic amines is 1. The molecule has 0 fully saturated rings. The zero-order valence-corrected chi connectivity index (χ0v) is 14.6. The molecule has 0 saturated heterocycles. The van der Waals surface area contributed by atoms with Gasteiger partial charge in [0.1, 0.15) is 12.4 Å². The molecule has 4 nitrogen and oxygen atoms in total. The number of H-pyrrole nitrogens is 1. The van der Waals surface area contributed by atoms with Gasteiger partial charge in [-0.25, -0.2) is 4.98 Å². The van der Waals surface area contributed by atoms with Crippen molar-refractivity contribution in [2.45, 2.75) is 13.0 Å². The van der Waals surface area contributed by atoms with E-state index >= 15 is 0 Å². The summed E-state index contributed by atoms with van der Waals surface area (Å²) < 4.78 is 11.2. The lowest BCUT2D eigenvalue weighted by Gasteiger charge is -2.10. The molecule has 0 spiro atoms. The van der Waals surface area contributed by atoms with Gasteiger partial charge in [0.25, 0.3) is 0 Å². The molecule has 0 amide bonds. The number of nitrogens with zero attached hydrogens (tertiary/aromatic N) is 1. The maximum Gasteiger partial charge on any atom is 0.161 e. The Morgan fingerprint density at radius 1 is 1.17 bits per heavy atom. The van der Waals surface area contributed by atoms with Crippen LogP contribution in [0, 0.1) is 0 Å². The fourth-order valence-corrected chi connectivity index (χ4v) is 2.72. The second-order valence-corrected chi connectivity index (χ2v) is 6.05. The molecule has 1 heterocycles. The Hall–Kier alpha value is -2.17. The zero-order chi connectivity index (χ0) is 17.1. The number of hydrogen-bond acceptors (Lipinski definition) is 3. The predicted octanol–water partition coefficient (Wildman–Crippen LogP) is 5.19. The number of halogens is 2. The highest BCUT2D eigenvalue weighted by Gasteiger charge is 2.10. The van der Waals surface area contributed by atoms with Gasteiger partial charge in [-0.1, -0.05) is 35.3 Å². The van der Waals surface area contributed by atoms with Crippen molar-refractivity contribution in [1.29, 1.82) is 0 Å². The number of hydrogen-bond donors (Lipinski definition) is 1. The van der Waals surface area contributed by atoms with Gasteiger partial charge in [0.2, 0.25) is 0 Å². The quantitative estimate of drug-likeness (QED) is 0.614. The number of ether oxygens (including phenoxy) is 2. The minimum atomic E-state index is 0.279. The molecule has 1 N–H and O–H groups in total. The van der Waals surface area contributed by atoms with Crippen molar-refractivity contribution in [3.05, 3.63) is 64.4 Å². The molecule has 6 heteroatoms. The number of imidazole rings is 1. The molecule has 0 radical (unpaired) electrons. The summed E-state index contributed by atoms with van der Waals surface area (Å²) in [6.07, 6.45) is 2.63. The van der Waals surface area contributed by atoms with Crippen molar-refractivity contribution in [3.8, 4) is 11.5 Å². The van der Waals surface area contributed by atoms with Gasteiger partial charge in [0.05, 0.1) is 28.2 Å². The summed E-state index contributed by atoms with van der Waals surface area (Å²) in [6, 6.07) is 9.28. The van der Waals surface area contributed by atoms with Crippen molar-refractivity contribution >= 4 is 34.2 Å². The lowest BCUT2D eigenvalue weighted by molar-refractivity contribution is 0.277. The van der Waals surface area contributed by atoms with E-state index in [4.69, 9.17) is 32.7 Å². The molecular formula is C18H16Cl2N2O2. The maximum atomic E-state index is 6.02. The van der Waals surface area contributed by atoms with Crippen molar-refractivity contribution in [2.24, 2.45) is 0 Å². The first kappa shape index (κ1) is 16.7. The van der Waals surface area contributed by atoms with Gasteiger partial charge in [-0.15, -0.1) is 6.58 Å². The molecule has 2 aromatic carbocycles. The van der Waals surface area contributed by atoms with Crippen LogP contribution in [0.15, 0.2) is 43.0 Å². The topological polar surface area (TPSA) is 47.1 Å². The Morgan fingerprint density at radius 3 is 2.71 bits per heavy atom. The Kier molecular flexibility index (Phi) is 4.97. The molecule has 24 heavy (non-hydrogen) atoms. The van der Waals surface area contributed by atoms with E-state index in [2.05, 4.69) is 16.5 Å². The van der Waals surface area contributed by atoms with Crippen LogP contribution in [-0.4, -0.2) is 17.1 Å². The standard InChI is InChI=1S/C18H16Cl2N2O2/c1-3-4-11-5-6-16(17(7-11)23-2)24-10-18-21-14-8-12(19)13(20)9-15(14)22-18/h3,5-9H,1,4,10H2,2H3,(H,21,22). The molecule has 3 aromatic rings. The molecule has 0 aliphatic heterocycles. The number of methoxy groups -OCH3 is 1. The van der Waals surface area contributed by atoms with Gasteiger partial charge in [-0.3, -0.25) is 0 Å². The Bertz CT molecular complexity index is 851. The number of rotatable bonds is 6. The first-order valence-corrected chi connectivity index (χ1v) is 8.10. The summed E-state index contributed by atoms with van der Waals surface area (Å²) in [5.74, 6) is 2.01. The third kappa shape index (κ3) is 3.50. The van der Waals surface area contributed by atoms with E-state index in [9.17, 15) is 0 Å². The minimum Gasteiger partial charge on any atom is -0.493 e. The van der Waals surface area contributed by atoms with Crippen LogP contribution in [0.3, 0.4) is 0 Å². The third-order valence-electron chi connectivity index (χ3n) is 3.55. The van der Waals surface area contributed by atoms with E-state index in [0.717, 1.165) is 23.0 Å². The normalized spacial score (nSPS) is 10.8. The van der Waals surface area contributed by atoms with Crippen molar-refractivity contribution in [1.82, 2.24) is 9.97 Å². The number of fused-ring (bicyclic) bond motifs is 1. The summed E-state index contributed by atoms with van der Waals surface area (Å²) in [5, 5.41) is 0.961. The minimum absolute atomic E-state index is 0.279. The van der Waals surface area contributed by atoms with Crippen LogP contribution in [0.1, 0.15) is 11.4 Å². The summed E-state index contributed by atoms with van der Waals surface area (Å²) in [4.78, 5) is 7.62. The van der Waals surface area contributed by atoms with Crippen LogP contribution in [0.4, 0.5) is 0 Å². The average molecular weight is 363 g/mol. The van der Waals surface area contributed by atoms with E-state index < -0.39 is 0 Å². The fourth-order valence-electron chi connectivity index (χ4n) is 2.40. The van der Waals surface area contributed by atoms with Crippen LogP contribution in [0.2, 0.25) is 10.0 Å². The molecule has 0 saturated carbocycles. The molecule has 0 unspecified atom stereocenters. The molecule has 1 aromatic heterocycles. The summed E-state index contributed by atoms with van der Waals surface area (Å²) in [5.41, 5.74) is 2.68. The van der Waals surface area contributed by atoms with Crippen molar-refractivity contribution in [2.75, 3.05) is 7.11 Å². The van der Waals surface area contributed by atoms with Crippen molar-refractivity contribution < 1.29 is 9.47 Å². The lowest BCUT2D eigenvalue weighted by Crippen LogP contribution is -2.00. The van der Waals surface area contributed by atoms with E-state index in [1.54, 1.807) is 19.2 Å². The highest BCUT2D eigenvalue weighted by atomic mass is 35.5. The highest BCUT2D eigenvalue weighted by Crippen LogP contribution is 2.30. The molecular weight excluding hydrogens is 347 g/mol. The van der Waals surface area contributed by atoms with Gasteiger partial charge >= 0.3 is 0 Å². The Morgan fingerprint density at radius 2 is 1.96 bits per heavy atom. The lowest BCUT2D eigenvalue weighted by atomic mass is 10.1. The largest absolute Gasteiger partial charge is 0.493 e. The van der Waals surface area contributed by atoms with Gasteiger partial charge in [-0.2, -0.15) is 0 Å². The van der Waals surface area contributed by atoms with Gasteiger partial charge in [-0.05, 0) is 36.2 Å². The average Bonchev–Trinajstić information content (AvgIpc) is 2.96. The van der Waals surface area contributed by atoms with Gasteiger partial charge < -0.3 is 14.5 Å². The van der Waals surface area contributed by atoms with Crippen LogP contribution in [0.25, 0.3) is 11.0 Å². The number of nitrogens with one attached hydrogen (secondary N) is 1. The maximum absolute atomic E-state index is 6.02. The second-order valence-electron chi connectivity index (χ2n) is 5.23. The van der Waals surface area contributed by atoms with Crippen LogP contribution in [0.5, 0.6) is 11.5 Å². The number of benzene rings is 2. The summed E-state index contributed by atoms with van der Waals surface area (Å²) in [6.45, 7) is 4.02. The number of aromatic nitrogens is 2. The van der Waals surface area contributed by atoms with Crippen LogP contribution >= 0.6 is 23.2 Å². The van der Waals surface area contributed by atoms with Crippen molar-refractivity contribution in [3.63, 3.8) is 0 Å². The van der Waals surface area contributed by atoms with E-state index in [1.807, 2.05) is 24.3 Å². The summed E-state index contributed by atoms with van der Waals surface area (Å²) >= 11 is 12.0. The Balaban J connectivity index is 1.79. The molecule has 3 rings (SSSR count). The molecule has 0 atom stereocenters. The Labute approximate surface area is 150 Å². The number of allylic oxidation sites excluding steroid dienone is 1. The smallest absolute Gasteiger partial charge is 0.161 e. The van der Waals surface area contributed by atoms with Crippen LogP contribution in [-0.2, 0) is 13.0 Å². The second kappa shape index (κ2) is 7.16. The van der Waals surface area contributed by atoms with Gasteiger partial charge in [0, 0.05) is 0 Å². The predicted molar refractivity (Wildman–Crippen MR) is 97.3 cm³/mol. The zero-order valence-electron chi connectivity index (χ0n) is 13.1. The van der Waals surface area contributed by atoms with E-state index in [1.165, 1.54) is 0 Å².